The van der Waals surface area contributed by atoms with Gasteiger partial charge in [0.2, 0.25) is 0 Å². The van der Waals surface area contributed by atoms with Crippen LogP contribution in [0, 0.1) is 0 Å². The van der Waals surface area contributed by atoms with Crippen LogP contribution < -0.4 is 4.74 Å². The topological polar surface area (TPSA) is 22.1 Å². The minimum Gasteiger partial charge on any atom is -0.486 e. The van der Waals surface area contributed by atoms with Gasteiger partial charge in [0, 0.05) is 22.4 Å². The lowest BCUT2D eigenvalue weighted by atomic mass is 9.63. The van der Waals surface area contributed by atoms with Gasteiger partial charge in [-0.05, 0) is 58.6 Å². The highest BCUT2D eigenvalue weighted by atomic mass is 32.2. The van der Waals surface area contributed by atoms with Gasteiger partial charge in [0.15, 0.2) is 0 Å². The van der Waals surface area contributed by atoms with Gasteiger partial charge in [0.25, 0.3) is 0 Å². The molecule has 5 rings (SSSR count). The van der Waals surface area contributed by atoms with E-state index < -0.39 is 0 Å². The summed E-state index contributed by atoms with van der Waals surface area (Å²) in [6, 6.07) is 15.6. The fourth-order valence-electron chi connectivity index (χ4n) is 4.67. The lowest BCUT2D eigenvalue weighted by Crippen LogP contribution is -2.33. The fraction of sp³-hybridized carbons (Fsp3) is 0.444. The first-order valence-corrected chi connectivity index (χ1v) is 14.4. The van der Waals surface area contributed by atoms with E-state index in [1.807, 2.05) is 23.5 Å². The number of ether oxygens (including phenoxy) is 1. The fourth-order valence-corrected chi connectivity index (χ4v) is 8.25. The molecule has 0 amide bonds. The van der Waals surface area contributed by atoms with Gasteiger partial charge in [0.05, 0.1) is 10.3 Å². The molecule has 2 aromatic carbocycles. The molecule has 2 heterocycles. The smallest absolute Gasteiger partial charge is 0.140 e. The molecule has 0 radical (unpaired) electrons. The minimum atomic E-state index is 0.213. The Morgan fingerprint density at radius 3 is 2.31 bits per heavy atom. The van der Waals surface area contributed by atoms with Crippen molar-refractivity contribution in [2.75, 3.05) is 11.5 Å². The van der Waals surface area contributed by atoms with E-state index in [0.717, 1.165) is 16.5 Å². The van der Waals surface area contributed by atoms with E-state index in [0.29, 0.717) is 11.2 Å². The third kappa shape index (κ3) is 4.49. The van der Waals surface area contributed by atoms with Gasteiger partial charge in [0.1, 0.15) is 17.4 Å². The van der Waals surface area contributed by atoms with E-state index in [1.54, 1.807) is 11.3 Å². The number of nitrogens with zero attached hydrogens (tertiary/aromatic N) is 1. The third-order valence-corrected chi connectivity index (χ3v) is 10.8. The minimum absolute atomic E-state index is 0.213. The van der Waals surface area contributed by atoms with Crippen molar-refractivity contribution < 1.29 is 4.74 Å². The number of hydrogen-bond donors (Lipinski definition) is 0. The number of thiazole rings is 1. The van der Waals surface area contributed by atoms with Crippen molar-refractivity contribution in [2.24, 2.45) is 0 Å². The second-order valence-electron chi connectivity index (χ2n) is 10.1. The van der Waals surface area contributed by atoms with E-state index in [1.165, 1.54) is 46.6 Å². The quantitative estimate of drug-likeness (QED) is 0.366. The molecule has 3 aromatic rings. The number of hydrogen-bond acceptors (Lipinski definition) is 5. The van der Waals surface area contributed by atoms with Crippen LogP contribution in [0.1, 0.15) is 66.8 Å². The molecule has 1 aliphatic carbocycles. The maximum atomic E-state index is 6.04. The summed E-state index contributed by atoms with van der Waals surface area (Å²) in [5.74, 6) is 3.41. The van der Waals surface area contributed by atoms with Crippen molar-refractivity contribution in [2.45, 2.75) is 62.6 Å². The predicted molar refractivity (Wildman–Crippen MR) is 141 cm³/mol. The Morgan fingerprint density at radius 2 is 1.59 bits per heavy atom. The van der Waals surface area contributed by atoms with Crippen molar-refractivity contribution in [3.05, 3.63) is 69.5 Å². The maximum absolute atomic E-state index is 6.04. The average molecular weight is 482 g/mol. The molecule has 1 aliphatic heterocycles. The number of aromatic nitrogens is 1. The Kier molecular flexibility index (Phi) is 6.10. The first-order valence-electron chi connectivity index (χ1n) is 11.4. The highest BCUT2D eigenvalue weighted by molar-refractivity contribution is 8.19. The van der Waals surface area contributed by atoms with E-state index >= 15 is 0 Å². The van der Waals surface area contributed by atoms with Gasteiger partial charge in [-0.1, -0.05) is 52.0 Å². The van der Waals surface area contributed by atoms with Gasteiger partial charge >= 0.3 is 0 Å². The summed E-state index contributed by atoms with van der Waals surface area (Å²) in [7, 11) is 0. The lowest BCUT2D eigenvalue weighted by molar-refractivity contribution is 0.305. The Hall–Kier alpha value is -1.43. The molecule has 0 atom stereocenters. The molecular weight excluding hydrogens is 451 g/mol. The van der Waals surface area contributed by atoms with Crippen molar-refractivity contribution in [1.82, 2.24) is 4.98 Å². The second kappa shape index (κ2) is 8.73. The SMILES string of the molecule is CC1(C)CCC(C)(C)c2cc(-c3csc(COc4ccc(C5SCCS5)cc4)n3)ccc21. The van der Waals surface area contributed by atoms with E-state index in [4.69, 9.17) is 9.72 Å². The van der Waals surface area contributed by atoms with Crippen LogP contribution in [0.4, 0.5) is 0 Å². The van der Waals surface area contributed by atoms with Crippen molar-refractivity contribution >= 4 is 34.9 Å². The summed E-state index contributed by atoms with van der Waals surface area (Å²) < 4.78 is 6.63. The summed E-state index contributed by atoms with van der Waals surface area (Å²) >= 11 is 5.75. The summed E-state index contributed by atoms with van der Waals surface area (Å²) in [4.78, 5) is 4.90. The molecular formula is C27H31NOS3. The van der Waals surface area contributed by atoms with Gasteiger partial charge in [-0.25, -0.2) is 4.98 Å². The Bertz CT molecular complexity index is 1090. The number of fused-ring (bicyclic) bond motifs is 1. The normalized spacial score (nSPS) is 19.6. The average Bonchev–Trinajstić information content (AvgIpc) is 3.48. The Balaban J connectivity index is 1.29. The van der Waals surface area contributed by atoms with Crippen LogP contribution in [0.2, 0.25) is 0 Å². The highest BCUT2D eigenvalue weighted by Crippen LogP contribution is 2.47. The largest absolute Gasteiger partial charge is 0.486 e. The van der Waals surface area contributed by atoms with Crippen molar-refractivity contribution in [3.63, 3.8) is 0 Å². The zero-order valence-electron chi connectivity index (χ0n) is 19.3. The van der Waals surface area contributed by atoms with Crippen molar-refractivity contribution in [3.8, 4) is 17.0 Å². The first-order chi connectivity index (χ1) is 15.3. The maximum Gasteiger partial charge on any atom is 0.140 e. The number of benzene rings is 2. The molecule has 1 fully saturated rings. The van der Waals surface area contributed by atoms with Crippen LogP contribution in [0.5, 0.6) is 5.75 Å². The molecule has 2 aliphatic rings. The van der Waals surface area contributed by atoms with E-state index in [9.17, 15) is 0 Å². The summed E-state index contributed by atoms with van der Waals surface area (Å²) in [6.07, 6.45) is 2.47. The molecule has 0 bridgehead atoms. The molecule has 32 heavy (non-hydrogen) atoms. The highest BCUT2D eigenvalue weighted by Gasteiger charge is 2.37. The van der Waals surface area contributed by atoms with Crippen LogP contribution >= 0.6 is 34.9 Å². The summed E-state index contributed by atoms with van der Waals surface area (Å²) in [6.45, 7) is 10.0. The standard InChI is InChI=1S/C27H31NOS3/c1-26(2)11-12-27(3,4)22-15-19(7-10-21(22)26)23-17-32-24(28-23)16-29-20-8-5-18(6-9-20)25-30-13-14-31-25/h5-10,15,17,25H,11-14,16H2,1-4H3. The molecule has 0 spiro atoms. The lowest BCUT2D eigenvalue weighted by Gasteiger charge is -2.42. The Labute approximate surface area is 204 Å². The predicted octanol–water partition coefficient (Wildman–Crippen LogP) is 8.22. The number of rotatable bonds is 5. The molecule has 0 N–H and O–H groups in total. The zero-order valence-corrected chi connectivity index (χ0v) is 21.8. The summed E-state index contributed by atoms with van der Waals surface area (Å²) in [5, 5.41) is 3.18. The first kappa shape index (κ1) is 22.4. The van der Waals surface area contributed by atoms with Gasteiger partial charge in [-0.2, -0.15) is 0 Å². The third-order valence-electron chi connectivity index (χ3n) is 6.84. The van der Waals surface area contributed by atoms with E-state index in [2.05, 4.69) is 75.5 Å². The number of thioether (sulfide) groups is 2. The van der Waals surface area contributed by atoms with Gasteiger partial charge in [-0.3, -0.25) is 0 Å². The van der Waals surface area contributed by atoms with Gasteiger partial charge < -0.3 is 4.74 Å². The second-order valence-corrected chi connectivity index (χ2v) is 13.8. The molecule has 0 unspecified atom stereocenters. The van der Waals surface area contributed by atoms with Crippen LogP contribution in [0.3, 0.4) is 0 Å². The monoisotopic (exact) mass is 481 g/mol. The summed E-state index contributed by atoms with van der Waals surface area (Å²) in [5.41, 5.74) is 7.10. The molecule has 1 aromatic heterocycles. The van der Waals surface area contributed by atoms with E-state index in [-0.39, 0.29) is 10.8 Å². The van der Waals surface area contributed by atoms with Gasteiger partial charge in [-0.15, -0.1) is 34.9 Å². The molecule has 168 valence electrons. The molecule has 5 heteroatoms. The van der Waals surface area contributed by atoms with Crippen LogP contribution in [-0.4, -0.2) is 16.5 Å². The van der Waals surface area contributed by atoms with Crippen LogP contribution in [0.15, 0.2) is 47.8 Å². The van der Waals surface area contributed by atoms with Crippen molar-refractivity contribution in [1.29, 1.82) is 0 Å². The molecule has 0 saturated carbocycles. The molecule has 2 nitrogen and oxygen atoms in total. The van der Waals surface area contributed by atoms with Crippen LogP contribution in [0.25, 0.3) is 11.3 Å². The Morgan fingerprint density at radius 1 is 0.906 bits per heavy atom. The van der Waals surface area contributed by atoms with Crippen LogP contribution in [-0.2, 0) is 17.4 Å². The molecule has 1 saturated heterocycles. The zero-order chi connectivity index (χ0) is 22.3.